The largest absolute Gasteiger partial charge is 0.399 e. The number of sulfonamides is 1. The summed E-state index contributed by atoms with van der Waals surface area (Å²) in [5, 5.41) is 10.9. The predicted octanol–water partition coefficient (Wildman–Crippen LogP) is 3.45. The smallest absolute Gasteiger partial charge is 0.273 e. The van der Waals surface area contributed by atoms with Crippen LogP contribution in [0.1, 0.15) is 30.9 Å². The van der Waals surface area contributed by atoms with Gasteiger partial charge >= 0.3 is 0 Å². The molecule has 2 heterocycles. The van der Waals surface area contributed by atoms with E-state index in [0.717, 1.165) is 11.1 Å². The van der Waals surface area contributed by atoms with Gasteiger partial charge in [-0.1, -0.05) is 43.3 Å². The van der Waals surface area contributed by atoms with Gasteiger partial charge in [0.15, 0.2) is 0 Å². The van der Waals surface area contributed by atoms with Crippen molar-refractivity contribution in [3.63, 3.8) is 0 Å². The average molecular weight is 576 g/mol. The Morgan fingerprint density at radius 2 is 1.80 bits per heavy atom. The maximum Gasteiger partial charge on any atom is 0.273 e. The highest BCUT2D eigenvalue weighted by atomic mass is 32.2. The molecule has 0 unspecified atom stereocenters. The molecule has 3 aromatic rings. The van der Waals surface area contributed by atoms with Crippen molar-refractivity contribution >= 4 is 39.2 Å². The number of nitrogens with zero attached hydrogens (tertiary/aromatic N) is 3. The lowest BCUT2D eigenvalue weighted by atomic mass is 10.0. The van der Waals surface area contributed by atoms with Crippen LogP contribution in [-0.2, 0) is 26.3 Å². The molecular formula is C30H33N5O5S. The molecule has 0 atom stereocenters. The zero-order valence-electron chi connectivity index (χ0n) is 22.7. The number of carbonyl (C=O) groups excluding carboxylic acids is 1. The number of carbonyl (C=O) groups is 1. The molecule has 5 N–H and O–H groups in total. The van der Waals surface area contributed by atoms with Crippen molar-refractivity contribution in [2.45, 2.75) is 37.4 Å². The summed E-state index contributed by atoms with van der Waals surface area (Å²) in [4.78, 5) is 24.1. The van der Waals surface area contributed by atoms with Crippen molar-refractivity contribution in [1.29, 1.82) is 0 Å². The number of fused-ring (bicyclic) bond motifs is 1. The molecule has 2 aliphatic heterocycles. The van der Waals surface area contributed by atoms with Crippen molar-refractivity contribution < 1.29 is 23.2 Å². The van der Waals surface area contributed by atoms with Gasteiger partial charge in [-0.15, -0.1) is 0 Å². The number of nitrogens with two attached hydrogens (primary N) is 2. The van der Waals surface area contributed by atoms with E-state index >= 15 is 0 Å². The van der Waals surface area contributed by atoms with Crippen LogP contribution in [0.2, 0.25) is 0 Å². The van der Waals surface area contributed by atoms with E-state index in [0.29, 0.717) is 41.0 Å². The lowest BCUT2D eigenvalue weighted by Gasteiger charge is -2.34. The van der Waals surface area contributed by atoms with Gasteiger partial charge in [0, 0.05) is 42.9 Å². The fourth-order valence-corrected chi connectivity index (χ4v) is 6.22. The van der Waals surface area contributed by atoms with E-state index in [1.807, 2.05) is 43.3 Å². The zero-order valence-corrected chi connectivity index (χ0v) is 23.5. The van der Waals surface area contributed by atoms with Crippen LogP contribution in [0.25, 0.3) is 17.2 Å². The molecule has 3 aromatic carbocycles. The summed E-state index contributed by atoms with van der Waals surface area (Å²) >= 11 is 0. The van der Waals surface area contributed by atoms with E-state index in [4.69, 9.17) is 16.3 Å². The first-order chi connectivity index (χ1) is 19.6. The van der Waals surface area contributed by atoms with Crippen LogP contribution in [0.5, 0.6) is 0 Å². The van der Waals surface area contributed by atoms with E-state index in [9.17, 15) is 18.3 Å². The van der Waals surface area contributed by atoms with Gasteiger partial charge in [0.1, 0.15) is 12.4 Å². The molecule has 0 spiro atoms. The molecule has 0 bridgehead atoms. The molecule has 1 fully saturated rings. The third-order valence-electron chi connectivity index (χ3n) is 6.92. The molecule has 1 saturated heterocycles. The normalized spacial score (nSPS) is 15.8. The molecule has 41 heavy (non-hydrogen) atoms. The highest BCUT2D eigenvalue weighted by Crippen LogP contribution is 2.33. The Morgan fingerprint density at radius 3 is 2.51 bits per heavy atom. The number of amidine groups is 1. The summed E-state index contributed by atoms with van der Waals surface area (Å²) in [6.07, 6.45) is 2.01. The Morgan fingerprint density at radius 1 is 1.07 bits per heavy atom. The minimum absolute atomic E-state index is 0.0922. The Hall–Kier alpha value is -4.03. The molecule has 2 aliphatic rings. The zero-order chi connectivity index (χ0) is 29.1. The highest BCUT2D eigenvalue weighted by molar-refractivity contribution is 7.89. The first kappa shape index (κ1) is 28.5. The third kappa shape index (κ3) is 6.33. The fourth-order valence-electron chi connectivity index (χ4n) is 4.66. The molecule has 0 saturated carbocycles. The standard InChI is InChI=1S/C30H33N5O5S/c1-2-12-35(40-19-20-6-10-25(31)11-7-20)30(37)24-13-23-9-8-22(15-28(23)33-29(32)16-24)21-4-3-5-27(14-21)41(38,39)34-17-26(36)18-34/h3-11,13-15,26,36H,2,12,16-19,31H2,1H3,(H2,32,33). The molecular weight excluding hydrogens is 542 g/mol. The van der Waals surface area contributed by atoms with Gasteiger partial charge < -0.3 is 16.6 Å². The molecule has 11 heteroatoms. The third-order valence-corrected chi connectivity index (χ3v) is 8.75. The van der Waals surface area contributed by atoms with Crippen LogP contribution in [0.3, 0.4) is 0 Å². The number of aliphatic imine (C=N–C) groups is 1. The number of rotatable bonds is 9. The topological polar surface area (TPSA) is 152 Å². The Bertz CT molecular complexity index is 1610. The number of benzene rings is 3. The van der Waals surface area contributed by atoms with Gasteiger partial charge in [0.2, 0.25) is 10.0 Å². The van der Waals surface area contributed by atoms with Crippen molar-refractivity contribution in [2.75, 3.05) is 25.4 Å². The van der Waals surface area contributed by atoms with Gasteiger partial charge in [0.05, 0.1) is 16.7 Å². The predicted molar refractivity (Wildman–Crippen MR) is 158 cm³/mol. The SMILES string of the molecule is CCCN(OCc1ccc(N)cc1)C(=O)C1=Cc2ccc(-c3cccc(S(=O)(=O)N4CC(O)C4)c3)cc2N=C(N)C1. The number of hydrogen-bond acceptors (Lipinski definition) is 8. The van der Waals surface area contributed by atoms with Crippen LogP contribution in [0.4, 0.5) is 11.4 Å². The average Bonchev–Trinajstić information content (AvgIpc) is 3.11. The van der Waals surface area contributed by atoms with Crippen molar-refractivity contribution in [2.24, 2.45) is 10.7 Å². The quantitative estimate of drug-likeness (QED) is 0.261. The maximum absolute atomic E-state index is 13.5. The number of aliphatic hydroxyl groups is 1. The number of β-amino-alcohol motifs (C(OH)–C–C–N with tert-alkyl or cyclic N) is 1. The lowest BCUT2D eigenvalue weighted by Crippen LogP contribution is -2.53. The summed E-state index contributed by atoms with van der Waals surface area (Å²) < 4.78 is 27.1. The summed E-state index contributed by atoms with van der Waals surface area (Å²) in [6.45, 7) is 2.78. The summed E-state index contributed by atoms with van der Waals surface area (Å²) in [5.74, 6) is -0.00505. The molecule has 1 amide bonds. The number of hydrogen-bond donors (Lipinski definition) is 3. The number of nitrogen functional groups attached to an aromatic ring is 1. The molecule has 5 rings (SSSR count). The lowest BCUT2D eigenvalue weighted by molar-refractivity contribution is -0.187. The first-order valence-electron chi connectivity index (χ1n) is 13.4. The second-order valence-electron chi connectivity index (χ2n) is 10.1. The summed E-state index contributed by atoms with van der Waals surface area (Å²) in [6, 6.07) is 19.5. The van der Waals surface area contributed by atoms with Crippen molar-refractivity contribution in [1.82, 2.24) is 9.37 Å². The van der Waals surface area contributed by atoms with Gasteiger partial charge in [0.25, 0.3) is 5.91 Å². The number of anilines is 1. The van der Waals surface area contributed by atoms with Crippen LogP contribution >= 0.6 is 0 Å². The number of hydroxylamine groups is 2. The molecule has 10 nitrogen and oxygen atoms in total. The van der Waals surface area contributed by atoms with Gasteiger partial charge in [-0.25, -0.2) is 18.5 Å². The van der Waals surface area contributed by atoms with Crippen LogP contribution in [0.15, 0.2) is 82.2 Å². The Balaban J connectivity index is 1.39. The Kier molecular flexibility index (Phi) is 8.22. The monoisotopic (exact) mass is 575 g/mol. The van der Waals surface area contributed by atoms with E-state index in [1.165, 1.54) is 9.37 Å². The van der Waals surface area contributed by atoms with Crippen LogP contribution < -0.4 is 11.5 Å². The Labute approximate surface area is 239 Å². The minimum atomic E-state index is -3.70. The van der Waals surface area contributed by atoms with Gasteiger partial charge in [-0.2, -0.15) is 4.31 Å². The van der Waals surface area contributed by atoms with E-state index < -0.39 is 16.1 Å². The highest BCUT2D eigenvalue weighted by Gasteiger charge is 2.35. The van der Waals surface area contributed by atoms with Crippen LogP contribution in [-0.4, -0.2) is 60.4 Å². The number of aliphatic hydroxyl groups excluding tert-OH is 1. The maximum atomic E-state index is 13.5. The van der Waals surface area contributed by atoms with Crippen molar-refractivity contribution in [3.05, 3.63) is 83.4 Å². The molecule has 0 radical (unpaired) electrons. The van der Waals surface area contributed by atoms with E-state index in [-0.39, 0.29) is 42.8 Å². The van der Waals surface area contributed by atoms with Crippen molar-refractivity contribution in [3.8, 4) is 11.1 Å². The molecule has 0 aromatic heterocycles. The van der Waals surface area contributed by atoms with Crippen LogP contribution in [0, 0.1) is 0 Å². The number of amides is 1. The second kappa shape index (κ2) is 11.8. The fraction of sp³-hybridized carbons (Fsp3) is 0.267. The summed E-state index contributed by atoms with van der Waals surface area (Å²) in [5.41, 5.74) is 16.7. The summed E-state index contributed by atoms with van der Waals surface area (Å²) in [7, 11) is -3.70. The molecule has 214 valence electrons. The minimum Gasteiger partial charge on any atom is -0.399 e. The van der Waals surface area contributed by atoms with Gasteiger partial charge in [-0.05, 0) is 59.5 Å². The molecule has 0 aliphatic carbocycles. The van der Waals surface area contributed by atoms with E-state index in [2.05, 4.69) is 4.99 Å². The van der Waals surface area contributed by atoms with Gasteiger partial charge in [-0.3, -0.25) is 9.63 Å². The van der Waals surface area contributed by atoms with E-state index in [1.54, 1.807) is 36.4 Å². The first-order valence-corrected chi connectivity index (χ1v) is 14.8. The second-order valence-corrected chi connectivity index (χ2v) is 12.1.